The minimum absolute atomic E-state index is 0.0278. The molecule has 1 aromatic rings. The molecule has 138 valence electrons. The molecular weight excluding hydrogens is 326 g/mol. The van der Waals surface area contributed by atoms with E-state index in [0.717, 1.165) is 5.56 Å². The van der Waals surface area contributed by atoms with Gasteiger partial charge in [-0.05, 0) is 20.8 Å². The van der Waals surface area contributed by atoms with E-state index in [0.29, 0.717) is 0 Å². The lowest BCUT2D eigenvalue weighted by molar-refractivity contribution is -0.284. The van der Waals surface area contributed by atoms with Crippen molar-refractivity contribution in [3.8, 4) is 0 Å². The van der Waals surface area contributed by atoms with Crippen LogP contribution in [-0.4, -0.2) is 64.3 Å². The summed E-state index contributed by atoms with van der Waals surface area (Å²) in [6.45, 7) is 5.48. The molecule has 0 saturated carbocycles. The maximum atomic E-state index is 12.5. The summed E-state index contributed by atoms with van der Waals surface area (Å²) in [5.41, 5.74) is 0.160. The molecule has 2 aliphatic heterocycles. The molecule has 5 atom stereocenters. The Morgan fingerprint density at radius 3 is 2.56 bits per heavy atom. The molecule has 1 amide bonds. The number of amides is 1. The number of nitrogens with zero attached hydrogens (tertiary/aromatic N) is 1. The maximum absolute atomic E-state index is 12.5. The van der Waals surface area contributed by atoms with E-state index in [-0.39, 0.29) is 13.2 Å². The highest BCUT2D eigenvalue weighted by molar-refractivity contribution is 5.69. The van der Waals surface area contributed by atoms with Crippen LogP contribution in [-0.2, 0) is 14.2 Å². The fraction of sp³-hybridized carbons (Fsp3) is 0.611. The zero-order valence-corrected chi connectivity index (χ0v) is 14.7. The van der Waals surface area contributed by atoms with Crippen LogP contribution < -0.4 is 0 Å². The normalized spacial score (nSPS) is 32.8. The third kappa shape index (κ3) is 3.95. The number of fused-ring (bicyclic) bond motifs is 1. The van der Waals surface area contributed by atoms with Crippen LogP contribution in [0.2, 0.25) is 0 Å². The molecule has 0 aromatic heterocycles. The van der Waals surface area contributed by atoms with Crippen molar-refractivity contribution in [2.45, 2.75) is 57.0 Å². The number of β-amino-alcohol motifs (C(OH)–C–C–N with tert-alkyl or cyclic N) is 1. The van der Waals surface area contributed by atoms with E-state index in [2.05, 4.69) is 0 Å². The van der Waals surface area contributed by atoms with E-state index in [1.165, 1.54) is 4.90 Å². The van der Waals surface area contributed by atoms with Gasteiger partial charge in [0.15, 0.2) is 6.29 Å². The lowest BCUT2D eigenvalue weighted by atomic mass is 9.93. The van der Waals surface area contributed by atoms with Crippen LogP contribution in [0.1, 0.15) is 32.6 Å². The van der Waals surface area contributed by atoms with Crippen molar-refractivity contribution in [1.29, 1.82) is 0 Å². The second kappa shape index (κ2) is 6.92. The van der Waals surface area contributed by atoms with Crippen molar-refractivity contribution in [1.82, 2.24) is 4.90 Å². The number of likely N-dealkylation sites (tertiary alicyclic amines) is 1. The van der Waals surface area contributed by atoms with Crippen LogP contribution in [0, 0.1) is 0 Å². The monoisotopic (exact) mass is 351 g/mol. The zero-order chi connectivity index (χ0) is 18.2. The Labute approximate surface area is 147 Å². The average molecular weight is 351 g/mol. The van der Waals surface area contributed by atoms with Crippen molar-refractivity contribution in [2.24, 2.45) is 0 Å². The van der Waals surface area contributed by atoms with Gasteiger partial charge in [0, 0.05) is 5.56 Å². The predicted octanol–water partition coefficient (Wildman–Crippen LogP) is 1.44. The third-order valence-corrected chi connectivity index (χ3v) is 4.29. The first-order chi connectivity index (χ1) is 11.8. The van der Waals surface area contributed by atoms with Gasteiger partial charge < -0.3 is 24.4 Å². The van der Waals surface area contributed by atoms with Crippen LogP contribution in [0.4, 0.5) is 4.79 Å². The smallest absolute Gasteiger partial charge is 0.410 e. The van der Waals surface area contributed by atoms with Crippen LogP contribution in [0.5, 0.6) is 0 Å². The van der Waals surface area contributed by atoms with Gasteiger partial charge in [0.05, 0.1) is 19.2 Å². The Bertz CT molecular complexity index is 601. The van der Waals surface area contributed by atoms with Gasteiger partial charge in [-0.15, -0.1) is 0 Å². The van der Waals surface area contributed by atoms with Gasteiger partial charge in [-0.25, -0.2) is 4.79 Å². The molecule has 0 bridgehead atoms. The molecular formula is C18H25NO6. The Kier molecular flexibility index (Phi) is 5.02. The molecule has 7 nitrogen and oxygen atoms in total. The van der Waals surface area contributed by atoms with Gasteiger partial charge in [0.25, 0.3) is 0 Å². The first kappa shape index (κ1) is 18.1. The molecule has 0 spiro atoms. The lowest BCUT2D eigenvalue weighted by Gasteiger charge is -2.49. The number of rotatable bonds is 1. The van der Waals surface area contributed by atoms with Crippen LogP contribution in [0.25, 0.3) is 0 Å². The number of aliphatic hydroxyl groups excluding tert-OH is 2. The van der Waals surface area contributed by atoms with E-state index >= 15 is 0 Å². The van der Waals surface area contributed by atoms with Crippen LogP contribution in [0.15, 0.2) is 30.3 Å². The van der Waals surface area contributed by atoms with Crippen molar-refractivity contribution in [3.05, 3.63) is 35.9 Å². The van der Waals surface area contributed by atoms with Gasteiger partial charge in [0.2, 0.25) is 0 Å². The number of aliphatic hydroxyl groups is 2. The minimum atomic E-state index is -1.11. The van der Waals surface area contributed by atoms with Gasteiger partial charge >= 0.3 is 6.09 Å². The molecule has 1 aromatic carbocycles. The Morgan fingerprint density at radius 2 is 1.92 bits per heavy atom. The quantitative estimate of drug-likeness (QED) is 0.796. The molecule has 2 fully saturated rings. The number of benzene rings is 1. The average Bonchev–Trinajstić information content (AvgIpc) is 2.57. The van der Waals surface area contributed by atoms with E-state index in [9.17, 15) is 15.0 Å². The molecule has 3 rings (SSSR count). The zero-order valence-electron chi connectivity index (χ0n) is 14.7. The molecule has 0 unspecified atom stereocenters. The summed E-state index contributed by atoms with van der Waals surface area (Å²) >= 11 is 0. The Morgan fingerprint density at radius 1 is 1.24 bits per heavy atom. The second-order valence-corrected chi connectivity index (χ2v) is 7.43. The Hall–Kier alpha value is -1.67. The van der Waals surface area contributed by atoms with Gasteiger partial charge in [-0.3, -0.25) is 4.90 Å². The standard InChI is InChI=1S/C18H25NO6/c1-18(2,3)25-17(22)19-9-13(20)14(21)15-12(19)10-23-16(24-15)11-7-5-4-6-8-11/h4-8,12-16,20-21H,9-10H2,1-3H3/t12-,13+,14+,15+,16-/m0/s1. The number of carbonyl (C=O) groups excluding carboxylic acids is 1. The molecule has 25 heavy (non-hydrogen) atoms. The molecule has 0 aliphatic carbocycles. The summed E-state index contributed by atoms with van der Waals surface area (Å²) in [6.07, 6.45) is -4.17. The highest BCUT2D eigenvalue weighted by atomic mass is 16.7. The largest absolute Gasteiger partial charge is 0.444 e. The summed E-state index contributed by atoms with van der Waals surface area (Å²) in [5, 5.41) is 20.5. The van der Waals surface area contributed by atoms with E-state index in [1.807, 2.05) is 30.3 Å². The molecule has 2 saturated heterocycles. The highest BCUT2D eigenvalue weighted by Crippen LogP contribution is 2.34. The Balaban J connectivity index is 1.77. The van der Waals surface area contributed by atoms with E-state index in [4.69, 9.17) is 14.2 Å². The summed E-state index contributed by atoms with van der Waals surface area (Å²) in [6, 6.07) is 8.83. The van der Waals surface area contributed by atoms with Crippen LogP contribution >= 0.6 is 0 Å². The first-order valence-electron chi connectivity index (χ1n) is 8.44. The van der Waals surface area contributed by atoms with E-state index < -0.39 is 42.3 Å². The van der Waals surface area contributed by atoms with Crippen molar-refractivity contribution >= 4 is 6.09 Å². The predicted molar refractivity (Wildman–Crippen MR) is 88.7 cm³/mol. The number of hydrogen-bond donors (Lipinski definition) is 2. The number of carbonyl (C=O) groups is 1. The summed E-state index contributed by atoms with van der Waals surface area (Å²) in [7, 11) is 0. The third-order valence-electron chi connectivity index (χ3n) is 4.29. The molecule has 7 heteroatoms. The molecule has 2 N–H and O–H groups in total. The number of piperidine rings is 1. The summed E-state index contributed by atoms with van der Waals surface area (Å²) < 4.78 is 17.1. The van der Waals surface area contributed by atoms with Crippen molar-refractivity contribution < 1.29 is 29.2 Å². The number of hydrogen-bond acceptors (Lipinski definition) is 6. The molecule has 2 aliphatic rings. The fourth-order valence-electron chi connectivity index (χ4n) is 3.11. The fourth-order valence-corrected chi connectivity index (χ4v) is 3.11. The molecule has 0 radical (unpaired) electrons. The van der Waals surface area contributed by atoms with Crippen molar-refractivity contribution in [3.63, 3.8) is 0 Å². The van der Waals surface area contributed by atoms with Crippen molar-refractivity contribution in [2.75, 3.05) is 13.2 Å². The van der Waals surface area contributed by atoms with E-state index in [1.54, 1.807) is 20.8 Å². The number of ether oxygens (including phenoxy) is 3. The first-order valence-corrected chi connectivity index (χ1v) is 8.44. The van der Waals surface area contributed by atoms with Gasteiger partial charge in [0.1, 0.15) is 23.9 Å². The topological polar surface area (TPSA) is 88.5 Å². The minimum Gasteiger partial charge on any atom is -0.444 e. The van der Waals surface area contributed by atoms with Crippen LogP contribution in [0.3, 0.4) is 0 Å². The maximum Gasteiger partial charge on any atom is 0.410 e. The van der Waals surface area contributed by atoms with Gasteiger partial charge in [-0.1, -0.05) is 30.3 Å². The molecule has 2 heterocycles. The second-order valence-electron chi connectivity index (χ2n) is 7.43. The van der Waals surface area contributed by atoms with Gasteiger partial charge in [-0.2, -0.15) is 0 Å². The summed E-state index contributed by atoms with van der Waals surface area (Å²) in [4.78, 5) is 13.9. The SMILES string of the molecule is CC(C)(C)OC(=O)N1C[C@@H](O)[C@@H](O)[C@@H]2O[C@@H](c3ccccc3)OC[C@@H]21. The highest BCUT2D eigenvalue weighted by Gasteiger charge is 2.49. The lowest BCUT2D eigenvalue weighted by Crippen LogP contribution is -2.67. The summed E-state index contributed by atoms with van der Waals surface area (Å²) in [5.74, 6) is 0.